The molecule has 0 saturated heterocycles. The van der Waals surface area contributed by atoms with Crippen LogP contribution >= 0.6 is 0 Å². The predicted molar refractivity (Wildman–Crippen MR) is 59.0 cm³/mol. The minimum Gasteiger partial charge on any atom is -0.316 e. The van der Waals surface area contributed by atoms with Crippen molar-refractivity contribution < 1.29 is 17.6 Å². The van der Waals surface area contributed by atoms with Gasteiger partial charge in [-0.05, 0) is 31.7 Å². The molecular formula is C12H13F4N. The number of alkyl halides is 3. The summed E-state index contributed by atoms with van der Waals surface area (Å²) in [5, 5.41) is 2.83. The van der Waals surface area contributed by atoms with E-state index in [4.69, 9.17) is 0 Å². The van der Waals surface area contributed by atoms with Crippen molar-refractivity contribution in [3.63, 3.8) is 0 Å². The first-order valence-electron chi connectivity index (χ1n) is 5.03. The van der Waals surface area contributed by atoms with Gasteiger partial charge in [-0.15, -0.1) is 0 Å². The van der Waals surface area contributed by atoms with E-state index in [1.54, 1.807) is 14.0 Å². The molecule has 5 heteroatoms. The van der Waals surface area contributed by atoms with E-state index in [9.17, 15) is 17.6 Å². The van der Waals surface area contributed by atoms with Crippen LogP contribution in [0.1, 0.15) is 18.1 Å². The highest BCUT2D eigenvalue weighted by Crippen LogP contribution is 2.33. The number of benzene rings is 1. The monoisotopic (exact) mass is 247 g/mol. The third-order valence-corrected chi connectivity index (χ3v) is 2.18. The fourth-order valence-corrected chi connectivity index (χ4v) is 1.50. The van der Waals surface area contributed by atoms with Gasteiger partial charge in [0, 0.05) is 6.54 Å². The summed E-state index contributed by atoms with van der Waals surface area (Å²) in [5.74, 6) is -0.888. The highest BCUT2D eigenvalue weighted by Gasteiger charge is 2.33. The Morgan fingerprint density at radius 3 is 2.53 bits per heavy atom. The van der Waals surface area contributed by atoms with Crippen LogP contribution in [0.25, 0.3) is 6.08 Å². The first kappa shape index (κ1) is 13.7. The third kappa shape index (κ3) is 3.85. The van der Waals surface area contributed by atoms with E-state index in [0.29, 0.717) is 12.6 Å². The van der Waals surface area contributed by atoms with E-state index in [0.717, 1.165) is 17.7 Å². The van der Waals surface area contributed by atoms with E-state index in [1.165, 1.54) is 6.08 Å². The molecular weight excluding hydrogens is 234 g/mol. The molecule has 0 saturated carbocycles. The van der Waals surface area contributed by atoms with Gasteiger partial charge in [0.1, 0.15) is 5.82 Å². The Bertz CT molecular complexity index is 421. The third-order valence-electron chi connectivity index (χ3n) is 2.18. The van der Waals surface area contributed by atoms with Crippen molar-refractivity contribution in [2.24, 2.45) is 0 Å². The van der Waals surface area contributed by atoms with Crippen molar-refractivity contribution in [1.82, 2.24) is 5.32 Å². The standard InChI is InChI=1S/C12H13F4N/c1-8(7-17-2)5-9-3-4-10(13)6-11(9)12(14,15)16/h3-6,17H,7H2,1-2H3/b8-5+. The minimum absolute atomic E-state index is 0.0216. The van der Waals surface area contributed by atoms with E-state index < -0.39 is 17.6 Å². The molecule has 0 aliphatic carbocycles. The lowest BCUT2D eigenvalue weighted by Gasteiger charge is -2.11. The molecule has 0 heterocycles. The van der Waals surface area contributed by atoms with E-state index in [2.05, 4.69) is 5.32 Å². The Labute approximate surface area is 97.1 Å². The Hall–Kier alpha value is -1.36. The van der Waals surface area contributed by atoms with Crippen molar-refractivity contribution in [3.05, 3.63) is 40.7 Å². The molecule has 0 radical (unpaired) electrons. The van der Waals surface area contributed by atoms with Crippen LogP contribution in [0.15, 0.2) is 23.8 Å². The highest BCUT2D eigenvalue weighted by atomic mass is 19.4. The molecule has 0 fully saturated rings. The summed E-state index contributed by atoms with van der Waals surface area (Å²) in [7, 11) is 1.70. The zero-order chi connectivity index (χ0) is 13.1. The normalized spacial score (nSPS) is 12.9. The topological polar surface area (TPSA) is 12.0 Å². The van der Waals surface area contributed by atoms with Gasteiger partial charge in [0.15, 0.2) is 0 Å². The van der Waals surface area contributed by atoms with Crippen molar-refractivity contribution in [1.29, 1.82) is 0 Å². The Balaban J connectivity index is 3.20. The van der Waals surface area contributed by atoms with E-state index in [1.807, 2.05) is 0 Å². The molecule has 0 unspecified atom stereocenters. The van der Waals surface area contributed by atoms with Crippen LogP contribution < -0.4 is 5.32 Å². The summed E-state index contributed by atoms with van der Waals surface area (Å²) < 4.78 is 50.8. The second-order valence-electron chi connectivity index (χ2n) is 3.75. The van der Waals surface area contributed by atoms with Crippen molar-refractivity contribution in [2.45, 2.75) is 13.1 Å². The summed E-state index contributed by atoms with van der Waals surface area (Å²) in [4.78, 5) is 0. The molecule has 0 bridgehead atoms. The Morgan fingerprint density at radius 1 is 1.35 bits per heavy atom. The van der Waals surface area contributed by atoms with Crippen molar-refractivity contribution in [2.75, 3.05) is 13.6 Å². The number of halogens is 4. The zero-order valence-corrected chi connectivity index (χ0v) is 9.53. The van der Waals surface area contributed by atoms with Gasteiger partial charge in [0.2, 0.25) is 0 Å². The first-order chi connectivity index (χ1) is 7.84. The maximum absolute atomic E-state index is 12.8. The van der Waals surface area contributed by atoms with Crippen LogP contribution in [0.3, 0.4) is 0 Å². The van der Waals surface area contributed by atoms with E-state index >= 15 is 0 Å². The molecule has 1 aromatic rings. The maximum atomic E-state index is 12.8. The smallest absolute Gasteiger partial charge is 0.316 e. The molecule has 0 atom stereocenters. The fraction of sp³-hybridized carbons (Fsp3) is 0.333. The van der Waals surface area contributed by atoms with Crippen molar-refractivity contribution in [3.8, 4) is 0 Å². The van der Waals surface area contributed by atoms with Gasteiger partial charge in [-0.25, -0.2) is 4.39 Å². The first-order valence-corrected chi connectivity index (χ1v) is 5.03. The second-order valence-corrected chi connectivity index (χ2v) is 3.75. The summed E-state index contributed by atoms with van der Waals surface area (Å²) in [5.41, 5.74) is -0.232. The quantitative estimate of drug-likeness (QED) is 0.806. The number of hydrogen-bond acceptors (Lipinski definition) is 1. The molecule has 1 nitrogen and oxygen atoms in total. The predicted octanol–water partition coefficient (Wildman–Crippen LogP) is 3.47. The van der Waals surface area contributed by atoms with Crippen LogP contribution in [-0.4, -0.2) is 13.6 Å². The van der Waals surface area contributed by atoms with Gasteiger partial charge < -0.3 is 5.32 Å². The van der Waals surface area contributed by atoms with Crippen molar-refractivity contribution >= 4 is 6.08 Å². The molecule has 0 amide bonds. The second kappa shape index (κ2) is 5.31. The number of hydrogen-bond donors (Lipinski definition) is 1. The Kier molecular flexibility index (Phi) is 4.28. The largest absolute Gasteiger partial charge is 0.417 e. The van der Waals surface area contributed by atoms with Gasteiger partial charge in [-0.2, -0.15) is 13.2 Å². The summed E-state index contributed by atoms with van der Waals surface area (Å²) >= 11 is 0. The SMILES string of the molecule is CNC/C(C)=C/c1ccc(F)cc1C(F)(F)F. The number of nitrogens with one attached hydrogen (secondary N) is 1. The molecule has 94 valence electrons. The zero-order valence-electron chi connectivity index (χ0n) is 9.53. The van der Waals surface area contributed by atoms with Crippen LogP contribution in [0.5, 0.6) is 0 Å². The summed E-state index contributed by atoms with van der Waals surface area (Å²) in [6, 6.07) is 2.67. The molecule has 17 heavy (non-hydrogen) atoms. The molecule has 0 aliphatic heterocycles. The number of rotatable bonds is 3. The Morgan fingerprint density at radius 2 is 2.00 bits per heavy atom. The number of likely N-dealkylation sites (N-methyl/N-ethyl adjacent to an activating group) is 1. The highest BCUT2D eigenvalue weighted by molar-refractivity contribution is 5.57. The average molecular weight is 247 g/mol. The summed E-state index contributed by atoms with van der Waals surface area (Å²) in [6.07, 6.45) is -3.15. The lowest BCUT2D eigenvalue weighted by Crippen LogP contribution is -2.10. The maximum Gasteiger partial charge on any atom is 0.417 e. The van der Waals surface area contributed by atoms with Crippen LogP contribution in [-0.2, 0) is 6.18 Å². The molecule has 1 rings (SSSR count). The van der Waals surface area contributed by atoms with Crippen LogP contribution in [0.4, 0.5) is 17.6 Å². The van der Waals surface area contributed by atoms with Gasteiger partial charge in [0.05, 0.1) is 5.56 Å². The van der Waals surface area contributed by atoms with Gasteiger partial charge in [-0.3, -0.25) is 0 Å². The van der Waals surface area contributed by atoms with Crippen LogP contribution in [0, 0.1) is 5.82 Å². The fourth-order valence-electron chi connectivity index (χ4n) is 1.50. The van der Waals surface area contributed by atoms with Gasteiger partial charge in [0.25, 0.3) is 0 Å². The molecule has 0 aromatic heterocycles. The minimum atomic E-state index is -4.55. The lowest BCUT2D eigenvalue weighted by atomic mass is 10.0. The molecule has 1 N–H and O–H groups in total. The summed E-state index contributed by atoms with van der Waals surface area (Å²) in [6.45, 7) is 2.19. The van der Waals surface area contributed by atoms with Gasteiger partial charge in [-0.1, -0.05) is 17.7 Å². The molecule has 1 aromatic carbocycles. The molecule has 0 spiro atoms. The lowest BCUT2D eigenvalue weighted by molar-refractivity contribution is -0.137. The molecule has 0 aliphatic rings. The average Bonchev–Trinajstić information content (AvgIpc) is 2.19. The van der Waals surface area contributed by atoms with E-state index in [-0.39, 0.29) is 5.56 Å². The van der Waals surface area contributed by atoms with Gasteiger partial charge >= 0.3 is 6.18 Å². The van der Waals surface area contributed by atoms with Crippen LogP contribution in [0.2, 0.25) is 0 Å².